The standard InChI is InChI=1S/C34H39F3N6O3/c1-3-24-27(36)8-7-20-12-23(46-19-44-2)13-25(28(20)24)30-29(37)31-26(15-39-30)32(42-10-4-6-22(38)17-42)41-33(40-31)45-18-34-9-5-11-43(34)16-21(35)14-34/h7-8,12-13,15,21-22H,3-6,9-11,14,16-19,38H2,1-2H3/t21-,22-,34+/m1/s1. The van der Waals surface area contributed by atoms with Crippen LogP contribution in [0.15, 0.2) is 30.5 Å². The van der Waals surface area contributed by atoms with Gasteiger partial charge in [0.05, 0.1) is 10.9 Å². The molecule has 0 aliphatic carbocycles. The van der Waals surface area contributed by atoms with Crippen LogP contribution >= 0.6 is 0 Å². The van der Waals surface area contributed by atoms with E-state index in [1.807, 2.05) is 11.8 Å². The van der Waals surface area contributed by atoms with Crippen molar-refractivity contribution in [3.63, 3.8) is 0 Å². The van der Waals surface area contributed by atoms with Crippen LogP contribution in [0.5, 0.6) is 11.8 Å². The summed E-state index contributed by atoms with van der Waals surface area (Å²) in [6, 6.07) is 6.44. The molecule has 2 N–H and O–H groups in total. The smallest absolute Gasteiger partial charge is 0.319 e. The molecule has 3 saturated heterocycles. The number of benzene rings is 2. The molecule has 0 saturated carbocycles. The largest absolute Gasteiger partial charge is 0.468 e. The van der Waals surface area contributed by atoms with E-state index < -0.39 is 17.5 Å². The molecule has 46 heavy (non-hydrogen) atoms. The number of halogens is 3. The van der Waals surface area contributed by atoms with Gasteiger partial charge in [-0.2, -0.15) is 9.97 Å². The fraction of sp³-hybridized carbons (Fsp3) is 0.500. The van der Waals surface area contributed by atoms with Crippen LogP contribution in [0.4, 0.5) is 19.0 Å². The van der Waals surface area contributed by atoms with Crippen LogP contribution in [-0.4, -0.2) is 84.3 Å². The SMILES string of the molecule is CCc1c(F)ccc2cc(OCOC)cc(-c3ncc4c(N5CCC[C@@H](N)C5)nc(OC[C@@]56CCCN5C[C@H](F)C6)nc4c3F)c12. The second-order valence-electron chi connectivity index (χ2n) is 12.7. The molecule has 3 aliphatic heterocycles. The van der Waals surface area contributed by atoms with E-state index in [1.54, 1.807) is 24.4 Å². The number of nitrogens with two attached hydrogens (primary N) is 1. The summed E-state index contributed by atoms with van der Waals surface area (Å²) in [5.74, 6) is -0.148. The average Bonchev–Trinajstić information content (AvgIpc) is 3.58. The van der Waals surface area contributed by atoms with Crippen molar-refractivity contribution in [2.24, 2.45) is 5.73 Å². The summed E-state index contributed by atoms with van der Waals surface area (Å²) in [4.78, 5) is 18.1. The predicted molar refractivity (Wildman–Crippen MR) is 170 cm³/mol. The molecule has 5 heterocycles. The van der Waals surface area contributed by atoms with Crippen LogP contribution in [-0.2, 0) is 11.2 Å². The highest BCUT2D eigenvalue weighted by Gasteiger charge is 2.49. The van der Waals surface area contributed by atoms with E-state index in [4.69, 9.17) is 24.9 Å². The number of piperidine rings is 1. The summed E-state index contributed by atoms with van der Waals surface area (Å²) in [5, 5.41) is 1.65. The number of alkyl halides is 1. The number of ether oxygens (including phenoxy) is 3. The van der Waals surface area contributed by atoms with Crippen LogP contribution in [0.2, 0.25) is 0 Å². The Balaban J connectivity index is 1.38. The lowest BCUT2D eigenvalue weighted by Gasteiger charge is -2.33. The first-order valence-electron chi connectivity index (χ1n) is 16.1. The van der Waals surface area contributed by atoms with Gasteiger partial charge in [-0.05, 0) is 73.2 Å². The van der Waals surface area contributed by atoms with Gasteiger partial charge >= 0.3 is 6.01 Å². The third-order valence-electron chi connectivity index (χ3n) is 9.73. The summed E-state index contributed by atoms with van der Waals surface area (Å²) in [6.45, 7) is 4.49. The fourth-order valence-electron chi connectivity index (χ4n) is 7.60. The Morgan fingerprint density at radius 3 is 2.76 bits per heavy atom. The molecule has 9 nitrogen and oxygen atoms in total. The molecule has 2 aromatic carbocycles. The first-order valence-corrected chi connectivity index (χ1v) is 16.1. The lowest BCUT2D eigenvalue weighted by molar-refractivity contribution is 0.0512. The van der Waals surface area contributed by atoms with E-state index in [0.717, 1.165) is 32.2 Å². The van der Waals surface area contributed by atoms with Crippen molar-refractivity contribution in [1.82, 2.24) is 19.9 Å². The first kappa shape index (κ1) is 30.9. The second-order valence-corrected chi connectivity index (χ2v) is 12.7. The number of anilines is 1. The number of pyridine rings is 1. The van der Waals surface area contributed by atoms with Crippen LogP contribution in [0, 0.1) is 11.6 Å². The Bertz CT molecular complexity index is 1780. The summed E-state index contributed by atoms with van der Waals surface area (Å²) in [5.41, 5.74) is 6.77. The van der Waals surface area contributed by atoms with Crippen LogP contribution in [0.25, 0.3) is 32.9 Å². The Hall–Kier alpha value is -3.74. The molecular weight excluding hydrogens is 597 g/mol. The molecule has 0 spiro atoms. The summed E-state index contributed by atoms with van der Waals surface area (Å²) in [6.07, 6.45) is 4.97. The molecule has 3 atom stereocenters. The van der Waals surface area contributed by atoms with Gasteiger partial charge in [0.25, 0.3) is 0 Å². The van der Waals surface area contributed by atoms with Crippen LogP contribution in [0.3, 0.4) is 0 Å². The third-order valence-corrected chi connectivity index (χ3v) is 9.73. The molecule has 7 rings (SSSR count). The first-order chi connectivity index (χ1) is 22.3. The topological polar surface area (TPSA) is 98.9 Å². The summed E-state index contributed by atoms with van der Waals surface area (Å²) in [7, 11) is 1.51. The van der Waals surface area contributed by atoms with Crippen molar-refractivity contribution < 1.29 is 27.4 Å². The highest BCUT2D eigenvalue weighted by atomic mass is 19.1. The van der Waals surface area contributed by atoms with E-state index in [0.29, 0.717) is 71.3 Å². The lowest BCUT2D eigenvalue weighted by atomic mass is 9.94. The zero-order chi connectivity index (χ0) is 32.0. The Morgan fingerprint density at radius 1 is 1.09 bits per heavy atom. The number of rotatable bonds is 9. The van der Waals surface area contributed by atoms with E-state index in [-0.39, 0.29) is 42.5 Å². The molecule has 4 aromatic rings. The zero-order valence-electron chi connectivity index (χ0n) is 26.2. The quantitative estimate of drug-likeness (QED) is 0.237. The van der Waals surface area contributed by atoms with Gasteiger partial charge in [-0.15, -0.1) is 0 Å². The third kappa shape index (κ3) is 5.50. The van der Waals surface area contributed by atoms with Gasteiger partial charge in [-0.1, -0.05) is 13.0 Å². The van der Waals surface area contributed by atoms with Crippen LogP contribution in [0.1, 0.15) is 44.6 Å². The molecule has 0 unspecified atom stereocenters. The number of aryl methyl sites for hydroxylation is 1. The van der Waals surface area contributed by atoms with Crippen molar-refractivity contribution in [3.8, 4) is 23.0 Å². The second kappa shape index (κ2) is 12.5. The minimum Gasteiger partial charge on any atom is -0.468 e. The van der Waals surface area contributed by atoms with Crippen molar-refractivity contribution >= 4 is 27.5 Å². The fourth-order valence-corrected chi connectivity index (χ4v) is 7.60. The van der Waals surface area contributed by atoms with Crippen molar-refractivity contribution in [1.29, 1.82) is 0 Å². The lowest BCUT2D eigenvalue weighted by Crippen LogP contribution is -2.44. The van der Waals surface area contributed by atoms with Gasteiger partial charge in [0.15, 0.2) is 12.6 Å². The Kier molecular flexibility index (Phi) is 8.37. The minimum absolute atomic E-state index is 0.00300. The van der Waals surface area contributed by atoms with E-state index >= 15 is 8.78 Å². The molecule has 0 bridgehead atoms. The molecular formula is C34H39F3N6O3. The molecule has 0 radical (unpaired) electrons. The molecule has 12 heteroatoms. The van der Waals surface area contributed by atoms with Gasteiger partial charge in [0.1, 0.15) is 41.4 Å². The normalized spacial score (nSPS) is 23.4. The zero-order valence-corrected chi connectivity index (χ0v) is 26.2. The number of nitrogens with zero attached hydrogens (tertiary/aromatic N) is 5. The van der Waals surface area contributed by atoms with Crippen molar-refractivity contribution in [2.45, 2.75) is 63.2 Å². The van der Waals surface area contributed by atoms with Gasteiger partial charge in [-0.3, -0.25) is 9.88 Å². The van der Waals surface area contributed by atoms with Gasteiger partial charge in [0, 0.05) is 51.0 Å². The number of aromatic nitrogens is 3. The highest BCUT2D eigenvalue weighted by Crippen LogP contribution is 2.42. The van der Waals surface area contributed by atoms with Crippen molar-refractivity contribution in [3.05, 3.63) is 47.7 Å². The maximum atomic E-state index is 16.9. The average molecular weight is 637 g/mol. The molecule has 3 fully saturated rings. The van der Waals surface area contributed by atoms with Crippen molar-refractivity contribution in [2.75, 3.05) is 51.6 Å². The van der Waals surface area contributed by atoms with E-state index in [9.17, 15) is 4.39 Å². The molecule has 2 aromatic heterocycles. The predicted octanol–water partition coefficient (Wildman–Crippen LogP) is 5.55. The van der Waals surface area contributed by atoms with Gasteiger partial charge < -0.3 is 24.8 Å². The number of methoxy groups -OCH3 is 1. The van der Waals surface area contributed by atoms with Gasteiger partial charge in [0.2, 0.25) is 0 Å². The highest BCUT2D eigenvalue weighted by molar-refractivity contribution is 6.01. The summed E-state index contributed by atoms with van der Waals surface area (Å²) >= 11 is 0. The Morgan fingerprint density at radius 2 is 1.96 bits per heavy atom. The number of hydrogen-bond donors (Lipinski definition) is 1. The van der Waals surface area contributed by atoms with E-state index in [1.165, 1.54) is 13.2 Å². The van der Waals surface area contributed by atoms with Crippen LogP contribution < -0.4 is 20.1 Å². The molecule has 3 aliphatic rings. The number of fused-ring (bicyclic) bond motifs is 3. The minimum atomic E-state index is -0.908. The number of hydrogen-bond acceptors (Lipinski definition) is 9. The maximum absolute atomic E-state index is 16.9. The van der Waals surface area contributed by atoms with E-state index in [2.05, 4.69) is 14.9 Å². The molecule has 0 amide bonds. The monoisotopic (exact) mass is 636 g/mol. The molecule has 244 valence electrons. The van der Waals surface area contributed by atoms with Gasteiger partial charge in [-0.25, -0.2) is 13.2 Å². The maximum Gasteiger partial charge on any atom is 0.319 e. The Labute approximate surface area is 265 Å². The summed E-state index contributed by atoms with van der Waals surface area (Å²) < 4.78 is 63.6.